The average Bonchev–Trinajstić information content (AvgIpc) is 2.27. The molecule has 0 bridgehead atoms. The Bertz CT molecular complexity index is 199. The summed E-state index contributed by atoms with van der Waals surface area (Å²) in [6.07, 6.45) is 0.518. The number of carbonyl (C=O) groups excluding carboxylic acids is 1. The third-order valence-electron chi connectivity index (χ3n) is 2.57. The molecule has 15 heavy (non-hydrogen) atoms. The van der Waals surface area contributed by atoms with Gasteiger partial charge in [0.25, 0.3) is 0 Å². The van der Waals surface area contributed by atoms with Gasteiger partial charge in [-0.2, -0.15) is 0 Å². The Labute approximate surface area is 90.9 Å². The van der Waals surface area contributed by atoms with Crippen molar-refractivity contribution in [3.63, 3.8) is 0 Å². The maximum atomic E-state index is 11.2. The van der Waals surface area contributed by atoms with Crippen LogP contribution in [0.4, 0.5) is 0 Å². The Morgan fingerprint density at radius 3 is 3.13 bits per heavy atom. The Morgan fingerprint density at radius 1 is 1.67 bits per heavy atom. The molecule has 1 rings (SSSR count). The molecule has 0 radical (unpaired) electrons. The average molecular weight is 215 g/mol. The zero-order chi connectivity index (χ0) is 11.1. The van der Waals surface area contributed by atoms with Gasteiger partial charge >= 0.3 is 0 Å². The number of nitrogens with zero attached hydrogens (tertiary/aromatic N) is 1. The highest BCUT2D eigenvalue weighted by Gasteiger charge is 2.19. The van der Waals surface area contributed by atoms with Crippen LogP contribution in [0.1, 0.15) is 13.3 Å². The molecule has 0 aromatic carbocycles. The number of carbonyl (C=O) groups is 1. The van der Waals surface area contributed by atoms with Gasteiger partial charge in [0, 0.05) is 32.6 Å². The molecular weight excluding hydrogens is 194 g/mol. The van der Waals surface area contributed by atoms with E-state index in [2.05, 4.69) is 17.1 Å². The summed E-state index contributed by atoms with van der Waals surface area (Å²) >= 11 is 0. The number of morpholine rings is 1. The second-order valence-electron chi connectivity index (χ2n) is 3.73. The molecule has 1 saturated heterocycles. The van der Waals surface area contributed by atoms with Gasteiger partial charge in [-0.05, 0) is 6.54 Å². The zero-order valence-corrected chi connectivity index (χ0v) is 9.37. The van der Waals surface area contributed by atoms with E-state index in [1.165, 1.54) is 0 Å². The maximum Gasteiger partial charge on any atom is 0.221 e. The summed E-state index contributed by atoms with van der Waals surface area (Å²) in [5.74, 6) is 0.00900. The molecule has 0 aromatic rings. The molecule has 5 heteroatoms. The van der Waals surface area contributed by atoms with Gasteiger partial charge in [-0.15, -0.1) is 0 Å². The molecule has 0 aromatic heterocycles. The first kappa shape index (κ1) is 12.4. The number of nitrogens with one attached hydrogen (secondary N) is 1. The van der Waals surface area contributed by atoms with E-state index in [0.29, 0.717) is 19.5 Å². The minimum atomic E-state index is 0.00900. The molecule has 1 amide bonds. The Morgan fingerprint density at radius 2 is 2.47 bits per heavy atom. The van der Waals surface area contributed by atoms with Crippen molar-refractivity contribution in [2.24, 2.45) is 5.73 Å². The molecule has 1 fully saturated rings. The van der Waals surface area contributed by atoms with Gasteiger partial charge in [-0.1, -0.05) is 6.92 Å². The summed E-state index contributed by atoms with van der Waals surface area (Å²) in [6.45, 7) is 6.81. The first-order valence-corrected chi connectivity index (χ1v) is 5.57. The Kier molecular flexibility index (Phi) is 5.60. The summed E-state index contributed by atoms with van der Waals surface area (Å²) in [5, 5.41) is 2.83. The lowest BCUT2D eigenvalue weighted by Crippen LogP contribution is -2.47. The molecule has 88 valence electrons. The van der Waals surface area contributed by atoms with Crippen LogP contribution in [0.25, 0.3) is 0 Å². The molecule has 3 N–H and O–H groups in total. The van der Waals surface area contributed by atoms with Crippen LogP contribution < -0.4 is 11.1 Å². The third kappa shape index (κ3) is 4.59. The van der Waals surface area contributed by atoms with Gasteiger partial charge < -0.3 is 15.8 Å². The lowest BCUT2D eigenvalue weighted by atomic mass is 10.2. The number of rotatable bonds is 5. The number of hydrogen-bond acceptors (Lipinski definition) is 4. The molecule has 1 aliphatic heterocycles. The number of nitrogens with two attached hydrogens (primary N) is 1. The van der Waals surface area contributed by atoms with E-state index < -0.39 is 0 Å². The van der Waals surface area contributed by atoms with E-state index >= 15 is 0 Å². The zero-order valence-electron chi connectivity index (χ0n) is 9.37. The van der Waals surface area contributed by atoms with Crippen LogP contribution in [0.2, 0.25) is 0 Å². The van der Waals surface area contributed by atoms with Crippen molar-refractivity contribution in [1.29, 1.82) is 0 Å². The SMILES string of the molecule is CCN1CCOC(CNC(=O)CCN)C1. The normalized spacial score (nSPS) is 22.7. The van der Waals surface area contributed by atoms with Crippen LogP contribution in [0.15, 0.2) is 0 Å². The van der Waals surface area contributed by atoms with Crippen molar-refractivity contribution >= 4 is 5.91 Å². The van der Waals surface area contributed by atoms with Crippen molar-refractivity contribution in [1.82, 2.24) is 10.2 Å². The van der Waals surface area contributed by atoms with Crippen molar-refractivity contribution < 1.29 is 9.53 Å². The third-order valence-corrected chi connectivity index (χ3v) is 2.57. The highest BCUT2D eigenvalue weighted by Crippen LogP contribution is 2.03. The minimum absolute atomic E-state index is 0.00900. The molecule has 1 unspecified atom stereocenters. The quantitative estimate of drug-likeness (QED) is 0.628. The highest BCUT2D eigenvalue weighted by molar-refractivity contribution is 5.76. The molecule has 0 aliphatic carbocycles. The largest absolute Gasteiger partial charge is 0.374 e. The van der Waals surface area contributed by atoms with Gasteiger partial charge in [-0.3, -0.25) is 9.69 Å². The topological polar surface area (TPSA) is 67.6 Å². The standard InChI is InChI=1S/C10H21N3O2/c1-2-13-5-6-15-9(8-13)7-12-10(14)3-4-11/h9H,2-8,11H2,1H3,(H,12,14). The van der Waals surface area contributed by atoms with Crippen molar-refractivity contribution in [2.75, 3.05) is 39.3 Å². The van der Waals surface area contributed by atoms with Crippen LogP contribution in [0, 0.1) is 0 Å². The first-order valence-electron chi connectivity index (χ1n) is 5.57. The van der Waals surface area contributed by atoms with Gasteiger partial charge in [0.2, 0.25) is 5.91 Å². The Hall–Kier alpha value is -0.650. The number of likely N-dealkylation sites (N-methyl/N-ethyl adjacent to an activating group) is 1. The Balaban J connectivity index is 2.17. The summed E-state index contributed by atoms with van der Waals surface area (Å²) in [7, 11) is 0. The molecular formula is C10H21N3O2. The van der Waals surface area contributed by atoms with E-state index in [-0.39, 0.29) is 12.0 Å². The molecule has 1 aliphatic rings. The predicted octanol–water partition coefficient (Wildman–Crippen LogP) is -0.828. The van der Waals surface area contributed by atoms with E-state index in [0.717, 1.165) is 26.2 Å². The molecule has 1 heterocycles. The van der Waals surface area contributed by atoms with Crippen molar-refractivity contribution in [2.45, 2.75) is 19.4 Å². The summed E-state index contributed by atoms with van der Waals surface area (Å²) in [5.41, 5.74) is 5.28. The molecule has 0 spiro atoms. The highest BCUT2D eigenvalue weighted by atomic mass is 16.5. The second-order valence-corrected chi connectivity index (χ2v) is 3.73. The van der Waals surface area contributed by atoms with Crippen LogP contribution >= 0.6 is 0 Å². The molecule has 5 nitrogen and oxygen atoms in total. The van der Waals surface area contributed by atoms with Crippen LogP contribution in [-0.4, -0.2) is 56.2 Å². The van der Waals surface area contributed by atoms with Gasteiger partial charge in [0.05, 0.1) is 12.7 Å². The lowest BCUT2D eigenvalue weighted by Gasteiger charge is -2.32. The van der Waals surface area contributed by atoms with E-state index in [4.69, 9.17) is 10.5 Å². The smallest absolute Gasteiger partial charge is 0.221 e. The fraction of sp³-hybridized carbons (Fsp3) is 0.900. The van der Waals surface area contributed by atoms with E-state index in [9.17, 15) is 4.79 Å². The van der Waals surface area contributed by atoms with Crippen LogP contribution in [-0.2, 0) is 9.53 Å². The summed E-state index contributed by atoms with van der Waals surface area (Å²) in [6, 6.07) is 0. The maximum absolute atomic E-state index is 11.2. The van der Waals surface area contributed by atoms with Crippen LogP contribution in [0.3, 0.4) is 0 Å². The number of amides is 1. The predicted molar refractivity (Wildman–Crippen MR) is 58.5 cm³/mol. The van der Waals surface area contributed by atoms with E-state index in [1.807, 2.05) is 0 Å². The van der Waals surface area contributed by atoms with E-state index in [1.54, 1.807) is 0 Å². The van der Waals surface area contributed by atoms with Crippen LogP contribution in [0.5, 0.6) is 0 Å². The first-order chi connectivity index (χ1) is 7.26. The summed E-state index contributed by atoms with van der Waals surface area (Å²) < 4.78 is 5.55. The monoisotopic (exact) mass is 215 g/mol. The molecule has 1 atom stereocenters. The second kappa shape index (κ2) is 6.76. The van der Waals surface area contributed by atoms with Gasteiger partial charge in [-0.25, -0.2) is 0 Å². The fourth-order valence-electron chi connectivity index (χ4n) is 1.64. The minimum Gasteiger partial charge on any atom is -0.374 e. The van der Waals surface area contributed by atoms with Gasteiger partial charge in [0.15, 0.2) is 0 Å². The fourth-order valence-corrected chi connectivity index (χ4v) is 1.64. The summed E-state index contributed by atoms with van der Waals surface area (Å²) in [4.78, 5) is 13.5. The molecule has 0 saturated carbocycles. The number of hydrogen-bond donors (Lipinski definition) is 2. The van der Waals surface area contributed by atoms with Gasteiger partial charge in [0.1, 0.15) is 0 Å². The van der Waals surface area contributed by atoms with Crippen molar-refractivity contribution in [3.8, 4) is 0 Å². The number of ether oxygens (including phenoxy) is 1. The van der Waals surface area contributed by atoms with Crippen molar-refractivity contribution in [3.05, 3.63) is 0 Å². The lowest BCUT2D eigenvalue weighted by molar-refractivity contribution is -0.122.